The molecule has 0 bridgehead atoms. The van der Waals surface area contributed by atoms with Gasteiger partial charge in [0.1, 0.15) is 0 Å². The van der Waals surface area contributed by atoms with E-state index in [-0.39, 0.29) is 6.61 Å². The monoisotopic (exact) mass is 271 g/mol. The summed E-state index contributed by atoms with van der Waals surface area (Å²) >= 11 is 0.811. The molecule has 6 heteroatoms. The molecular formula is C12H11F2NO2S. The lowest BCUT2D eigenvalue weighted by Gasteiger charge is -2.10. The molecule has 96 valence electrons. The molecule has 1 aromatic carbocycles. The van der Waals surface area contributed by atoms with E-state index in [1.165, 1.54) is 6.92 Å². The zero-order valence-corrected chi connectivity index (χ0v) is 10.7. The Kier molecular flexibility index (Phi) is 3.30. The van der Waals surface area contributed by atoms with Crippen molar-refractivity contribution in [1.29, 1.82) is 0 Å². The smallest absolute Gasteiger partial charge is 0.393 e. The summed E-state index contributed by atoms with van der Waals surface area (Å²) in [4.78, 5) is 15.1. The van der Waals surface area contributed by atoms with Gasteiger partial charge in [-0.1, -0.05) is 12.1 Å². The molecule has 0 radical (unpaired) electrons. The van der Waals surface area contributed by atoms with E-state index in [1.807, 2.05) is 0 Å². The Bertz CT molecular complexity index is 595. The number of aryl methyl sites for hydroxylation is 1. The maximum absolute atomic E-state index is 13.8. The maximum atomic E-state index is 13.8. The predicted octanol–water partition coefficient (Wildman–Crippen LogP) is 3.26. The minimum Gasteiger partial charge on any atom is -0.461 e. The fourth-order valence-corrected chi connectivity index (χ4v) is 2.54. The molecule has 18 heavy (non-hydrogen) atoms. The molecule has 0 aliphatic heterocycles. The van der Waals surface area contributed by atoms with Gasteiger partial charge >= 0.3 is 11.9 Å². The predicted molar refractivity (Wildman–Crippen MR) is 64.9 cm³/mol. The van der Waals surface area contributed by atoms with Gasteiger partial charge in [0.05, 0.1) is 16.8 Å². The molecule has 0 N–H and O–H groups in total. The molecule has 2 aromatic rings. The molecule has 1 heterocycles. The van der Waals surface area contributed by atoms with E-state index in [0.29, 0.717) is 10.2 Å². The number of fused-ring (bicyclic) bond motifs is 1. The van der Waals surface area contributed by atoms with Gasteiger partial charge in [-0.2, -0.15) is 8.78 Å². The Morgan fingerprint density at radius 2 is 2.22 bits per heavy atom. The van der Waals surface area contributed by atoms with Crippen molar-refractivity contribution >= 4 is 27.5 Å². The highest BCUT2D eigenvalue weighted by atomic mass is 32.1. The number of thiazole rings is 1. The summed E-state index contributed by atoms with van der Waals surface area (Å²) in [6.45, 7) is 3.18. The van der Waals surface area contributed by atoms with Crippen LogP contribution < -0.4 is 0 Å². The van der Waals surface area contributed by atoms with Crippen LogP contribution in [-0.4, -0.2) is 17.6 Å². The van der Waals surface area contributed by atoms with Gasteiger partial charge in [-0.25, -0.2) is 9.78 Å². The zero-order chi connectivity index (χ0) is 13.3. The third-order valence-corrected chi connectivity index (χ3v) is 3.51. The standard InChI is InChI=1S/C12H11F2NO2S/c1-3-17-11(16)12(13,14)10-15-9-7(2)5-4-6-8(9)18-10/h4-6H,3H2,1-2H3. The second-order valence-corrected chi connectivity index (χ2v) is 4.77. The summed E-state index contributed by atoms with van der Waals surface area (Å²) in [6.07, 6.45) is 0. The van der Waals surface area contributed by atoms with Crippen LogP contribution in [-0.2, 0) is 15.5 Å². The molecule has 0 spiro atoms. The Hall–Kier alpha value is -1.56. The van der Waals surface area contributed by atoms with E-state index < -0.39 is 16.9 Å². The van der Waals surface area contributed by atoms with Crippen molar-refractivity contribution < 1.29 is 18.3 Å². The summed E-state index contributed by atoms with van der Waals surface area (Å²) in [6, 6.07) is 5.25. The lowest BCUT2D eigenvalue weighted by Crippen LogP contribution is -2.28. The van der Waals surface area contributed by atoms with Gasteiger partial charge in [0.25, 0.3) is 0 Å². The first-order chi connectivity index (χ1) is 8.46. The molecule has 1 aromatic heterocycles. The van der Waals surface area contributed by atoms with Crippen LogP contribution in [0.25, 0.3) is 10.2 Å². The lowest BCUT2D eigenvalue weighted by atomic mass is 10.2. The molecule has 0 atom stereocenters. The molecule has 3 nitrogen and oxygen atoms in total. The molecule has 0 unspecified atom stereocenters. The number of halogens is 2. The van der Waals surface area contributed by atoms with Crippen LogP contribution in [0.15, 0.2) is 18.2 Å². The second-order valence-electron chi connectivity index (χ2n) is 3.74. The van der Waals surface area contributed by atoms with Crippen molar-refractivity contribution in [2.75, 3.05) is 6.61 Å². The minimum atomic E-state index is -3.69. The van der Waals surface area contributed by atoms with Crippen LogP contribution in [0.3, 0.4) is 0 Å². The van der Waals surface area contributed by atoms with E-state index in [4.69, 9.17) is 0 Å². The number of para-hydroxylation sites is 1. The highest BCUT2D eigenvalue weighted by molar-refractivity contribution is 7.18. The van der Waals surface area contributed by atoms with Gasteiger partial charge in [0, 0.05) is 0 Å². The molecule has 0 fully saturated rings. The normalized spacial score (nSPS) is 11.8. The van der Waals surface area contributed by atoms with Crippen LogP contribution in [0.4, 0.5) is 8.78 Å². The van der Waals surface area contributed by atoms with Crippen molar-refractivity contribution in [3.8, 4) is 0 Å². The molecule has 2 rings (SSSR count). The fraction of sp³-hybridized carbons (Fsp3) is 0.333. The van der Waals surface area contributed by atoms with E-state index in [0.717, 1.165) is 16.9 Å². The van der Waals surface area contributed by atoms with Crippen molar-refractivity contribution in [2.24, 2.45) is 0 Å². The summed E-state index contributed by atoms with van der Waals surface area (Å²) in [5.41, 5.74) is 1.30. The molecular weight excluding hydrogens is 260 g/mol. The van der Waals surface area contributed by atoms with Crippen molar-refractivity contribution in [2.45, 2.75) is 19.8 Å². The number of benzene rings is 1. The van der Waals surface area contributed by atoms with E-state index in [2.05, 4.69) is 9.72 Å². The number of alkyl halides is 2. The van der Waals surface area contributed by atoms with E-state index >= 15 is 0 Å². The number of carbonyl (C=O) groups excluding carboxylic acids is 1. The van der Waals surface area contributed by atoms with Gasteiger partial charge in [-0.15, -0.1) is 11.3 Å². The van der Waals surface area contributed by atoms with Gasteiger partial charge in [-0.3, -0.25) is 0 Å². The Morgan fingerprint density at radius 3 is 2.83 bits per heavy atom. The van der Waals surface area contributed by atoms with E-state index in [1.54, 1.807) is 25.1 Å². The Morgan fingerprint density at radius 1 is 1.50 bits per heavy atom. The maximum Gasteiger partial charge on any atom is 0.393 e. The van der Waals surface area contributed by atoms with Crippen LogP contribution in [0.1, 0.15) is 17.5 Å². The first-order valence-electron chi connectivity index (χ1n) is 5.38. The average molecular weight is 271 g/mol. The van der Waals surface area contributed by atoms with Crippen molar-refractivity contribution in [1.82, 2.24) is 4.98 Å². The van der Waals surface area contributed by atoms with Crippen LogP contribution >= 0.6 is 11.3 Å². The lowest BCUT2D eigenvalue weighted by molar-refractivity contribution is -0.173. The quantitative estimate of drug-likeness (QED) is 0.804. The van der Waals surface area contributed by atoms with Gasteiger partial charge < -0.3 is 4.74 Å². The SMILES string of the molecule is CCOC(=O)C(F)(F)c1nc2c(C)cccc2s1. The number of aromatic nitrogens is 1. The molecule has 0 aliphatic rings. The van der Waals surface area contributed by atoms with Gasteiger partial charge in [-0.05, 0) is 25.5 Å². The molecule has 0 aliphatic carbocycles. The fourth-order valence-electron chi connectivity index (χ4n) is 1.53. The summed E-state index contributed by atoms with van der Waals surface area (Å²) < 4.78 is 32.6. The molecule has 0 saturated heterocycles. The Labute approximate surface area is 106 Å². The third kappa shape index (κ3) is 2.08. The number of rotatable bonds is 3. The first-order valence-corrected chi connectivity index (χ1v) is 6.20. The van der Waals surface area contributed by atoms with E-state index in [9.17, 15) is 13.6 Å². The summed E-state index contributed by atoms with van der Waals surface area (Å²) in [7, 11) is 0. The van der Waals surface area contributed by atoms with Crippen molar-refractivity contribution in [3.05, 3.63) is 28.8 Å². The Balaban J connectivity index is 2.48. The minimum absolute atomic E-state index is 0.0850. The average Bonchev–Trinajstić information content (AvgIpc) is 2.75. The van der Waals surface area contributed by atoms with Crippen LogP contribution in [0.5, 0.6) is 0 Å². The van der Waals surface area contributed by atoms with Gasteiger partial charge in [0.2, 0.25) is 0 Å². The van der Waals surface area contributed by atoms with Crippen LogP contribution in [0, 0.1) is 6.92 Å². The van der Waals surface area contributed by atoms with Crippen LogP contribution in [0.2, 0.25) is 0 Å². The summed E-state index contributed by atoms with van der Waals surface area (Å²) in [5, 5.41) is -0.523. The number of esters is 1. The highest BCUT2D eigenvalue weighted by Gasteiger charge is 2.46. The second kappa shape index (κ2) is 4.61. The highest BCUT2D eigenvalue weighted by Crippen LogP contribution is 2.36. The summed E-state index contributed by atoms with van der Waals surface area (Å²) in [5.74, 6) is -5.24. The number of ether oxygens (including phenoxy) is 1. The van der Waals surface area contributed by atoms with Gasteiger partial charge in [0.15, 0.2) is 5.01 Å². The number of nitrogens with zero attached hydrogens (tertiary/aromatic N) is 1. The number of carbonyl (C=O) groups is 1. The molecule has 0 saturated carbocycles. The topological polar surface area (TPSA) is 39.2 Å². The number of hydrogen-bond donors (Lipinski definition) is 0. The largest absolute Gasteiger partial charge is 0.461 e. The molecule has 0 amide bonds. The van der Waals surface area contributed by atoms with Crippen molar-refractivity contribution in [3.63, 3.8) is 0 Å². The number of hydrogen-bond acceptors (Lipinski definition) is 4. The third-order valence-electron chi connectivity index (χ3n) is 2.42. The first kappa shape index (κ1) is 12.9. The zero-order valence-electron chi connectivity index (χ0n) is 9.87.